The van der Waals surface area contributed by atoms with Gasteiger partial charge in [0.1, 0.15) is 6.33 Å². The van der Waals surface area contributed by atoms with Crippen LogP contribution in [-0.2, 0) is 9.84 Å². The summed E-state index contributed by atoms with van der Waals surface area (Å²) in [6, 6.07) is 9.93. The number of rotatable bonds is 5. The third-order valence-electron chi connectivity index (χ3n) is 4.06. The topological polar surface area (TPSA) is 64.8 Å². The van der Waals surface area contributed by atoms with E-state index in [2.05, 4.69) is 10.1 Å². The average molecular weight is 476 g/mol. The molecule has 11 heteroatoms. The molecule has 0 N–H and O–H groups in total. The minimum Gasteiger partial charge on any atom is -0.221 e. The molecule has 3 rings (SSSR count). The van der Waals surface area contributed by atoms with Crippen LogP contribution in [0.4, 0.5) is 13.2 Å². The Hall–Kier alpha value is -2.36. The van der Waals surface area contributed by atoms with E-state index in [1.165, 1.54) is 48.5 Å². The quantitative estimate of drug-likeness (QED) is 0.499. The number of allylic oxidation sites excluding steroid dienone is 1. The molecule has 0 aliphatic carbocycles. The van der Waals surface area contributed by atoms with Gasteiger partial charge in [-0.3, -0.25) is 0 Å². The molecule has 30 heavy (non-hydrogen) atoms. The first-order valence-electron chi connectivity index (χ1n) is 8.36. The van der Waals surface area contributed by atoms with Crippen LogP contribution in [0.1, 0.15) is 17.0 Å². The van der Waals surface area contributed by atoms with Gasteiger partial charge in [-0.15, -0.1) is 0 Å². The zero-order chi connectivity index (χ0) is 22.1. The van der Waals surface area contributed by atoms with Crippen molar-refractivity contribution in [2.24, 2.45) is 0 Å². The fraction of sp³-hybridized carbons (Fsp3) is 0.158. The summed E-state index contributed by atoms with van der Waals surface area (Å²) in [4.78, 5) is 3.72. The summed E-state index contributed by atoms with van der Waals surface area (Å²) in [6.07, 6.45) is -0.113. The van der Waals surface area contributed by atoms with Crippen LogP contribution in [0.3, 0.4) is 0 Å². The van der Waals surface area contributed by atoms with Gasteiger partial charge in [-0.05, 0) is 41.5 Å². The van der Waals surface area contributed by atoms with E-state index in [0.717, 1.165) is 23.3 Å². The molecule has 0 saturated heterocycles. The molecule has 0 saturated carbocycles. The van der Waals surface area contributed by atoms with Crippen LogP contribution in [0.2, 0.25) is 10.0 Å². The number of hydrogen-bond acceptors (Lipinski definition) is 4. The molecule has 1 aromatic heterocycles. The lowest BCUT2D eigenvalue weighted by atomic mass is 9.97. The number of aromatic nitrogens is 3. The summed E-state index contributed by atoms with van der Waals surface area (Å²) < 4.78 is 65.3. The molecular weight excluding hydrogens is 462 g/mol. The maximum absolute atomic E-state index is 13.6. The molecule has 0 bridgehead atoms. The van der Waals surface area contributed by atoms with Gasteiger partial charge in [0.2, 0.25) is 15.0 Å². The van der Waals surface area contributed by atoms with Crippen LogP contribution in [0.15, 0.2) is 60.0 Å². The van der Waals surface area contributed by atoms with E-state index in [9.17, 15) is 21.6 Å². The highest BCUT2D eigenvalue weighted by atomic mass is 35.5. The van der Waals surface area contributed by atoms with Crippen LogP contribution in [-0.4, -0.2) is 35.6 Å². The average Bonchev–Trinajstić information content (AvgIpc) is 3.10. The lowest BCUT2D eigenvalue weighted by Gasteiger charge is -2.18. The molecule has 2 aromatic carbocycles. The summed E-state index contributed by atoms with van der Waals surface area (Å²) >= 11 is 11.7. The van der Waals surface area contributed by atoms with Crippen molar-refractivity contribution >= 4 is 39.1 Å². The first-order chi connectivity index (χ1) is 13.9. The number of benzene rings is 2. The van der Waals surface area contributed by atoms with Crippen molar-refractivity contribution in [1.82, 2.24) is 14.8 Å². The summed E-state index contributed by atoms with van der Waals surface area (Å²) in [5.74, 6) is -1.90. The molecule has 0 fully saturated rings. The zero-order valence-corrected chi connectivity index (χ0v) is 17.6. The van der Waals surface area contributed by atoms with Gasteiger partial charge in [0.25, 0.3) is 0 Å². The maximum Gasteiger partial charge on any atom is 0.399 e. The van der Waals surface area contributed by atoms with Gasteiger partial charge in [0, 0.05) is 16.3 Å². The van der Waals surface area contributed by atoms with Crippen molar-refractivity contribution in [2.75, 3.05) is 6.26 Å². The SMILES string of the molecule is CS(=O)(=O)c1ncnn1-c1ccc(C=CC(c2cc(Cl)cc(Cl)c2)C(F)(F)F)cc1. The van der Waals surface area contributed by atoms with Gasteiger partial charge in [-0.2, -0.15) is 18.3 Å². The van der Waals surface area contributed by atoms with Crippen LogP contribution < -0.4 is 0 Å². The van der Waals surface area contributed by atoms with Crippen LogP contribution in [0, 0.1) is 0 Å². The number of sulfone groups is 1. The van der Waals surface area contributed by atoms with Crippen molar-refractivity contribution in [1.29, 1.82) is 0 Å². The Labute approximate surface area is 180 Å². The highest BCUT2D eigenvalue weighted by molar-refractivity contribution is 7.90. The van der Waals surface area contributed by atoms with E-state index in [4.69, 9.17) is 23.2 Å². The molecule has 1 atom stereocenters. The van der Waals surface area contributed by atoms with E-state index >= 15 is 0 Å². The molecule has 1 unspecified atom stereocenters. The third kappa shape index (κ3) is 5.21. The van der Waals surface area contributed by atoms with Crippen molar-refractivity contribution in [3.8, 4) is 5.69 Å². The van der Waals surface area contributed by atoms with Gasteiger partial charge in [-0.1, -0.05) is 47.5 Å². The van der Waals surface area contributed by atoms with E-state index in [0.29, 0.717) is 11.3 Å². The fourth-order valence-electron chi connectivity index (χ4n) is 2.76. The Morgan fingerprint density at radius 3 is 2.20 bits per heavy atom. The minimum absolute atomic E-state index is 0.0757. The van der Waals surface area contributed by atoms with Crippen LogP contribution in [0.5, 0.6) is 0 Å². The second-order valence-electron chi connectivity index (χ2n) is 6.40. The highest BCUT2D eigenvalue weighted by Crippen LogP contribution is 2.38. The summed E-state index contributed by atoms with van der Waals surface area (Å²) in [5.41, 5.74) is 0.800. The van der Waals surface area contributed by atoms with Crippen molar-refractivity contribution in [2.45, 2.75) is 17.3 Å². The standard InChI is InChI=1S/C19H14Cl2F3N3O2S/c1-30(28,29)18-25-11-26-27(18)16-5-2-12(3-6-16)4-7-17(19(22,23)24)13-8-14(20)10-15(21)9-13/h2-11,17H,1H3. The first kappa shape index (κ1) is 22.3. The second kappa shape index (κ2) is 8.41. The molecule has 158 valence electrons. The van der Waals surface area contributed by atoms with Gasteiger partial charge in [0.15, 0.2) is 0 Å². The number of hydrogen-bond donors (Lipinski definition) is 0. The Bertz CT molecular complexity index is 1170. The monoisotopic (exact) mass is 475 g/mol. The van der Waals surface area contributed by atoms with Crippen LogP contribution in [0.25, 0.3) is 11.8 Å². The number of alkyl halides is 3. The highest BCUT2D eigenvalue weighted by Gasteiger charge is 2.39. The molecule has 0 aliphatic heterocycles. The van der Waals surface area contributed by atoms with E-state index in [1.54, 1.807) is 0 Å². The Balaban J connectivity index is 1.90. The smallest absolute Gasteiger partial charge is 0.221 e. The normalized spacial score (nSPS) is 13.7. The maximum atomic E-state index is 13.6. The zero-order valence-electron chi connectivity index (χ0n) is 15.3. The lowest BCUT2D eigenvalue weighted by molar-refractivity contribution is -0.139. The van der Waals surface area contributed by atoms with Gasteiger partial charge in [-0.25, -0.2) is 18.1 Å². The number of halogens is 5. The van der Waals surface area contributed by atoms with E-state index in [-0.39, 0.29) is 20.8 Å². The predicted octanol–water partition coefficient (Wildman–Crippen LogP) is 5.34. The largest absolute Gasteiger partial charge is 0.399 e. The lowest BCUT2D eigenvalue weighted by Crippen LogP contribution is -2.18. The molecule has 0 amide bonds. The molecule has 0 aliphatic rings. The van der Waals surface area contributed by atoms with Gasteiger partial charge >= 0.3 is 6.18 Å². The summed E-state index contributed by atoms with van der Waals surface area (Å²) in [5, 5.41) is 3.86. The van der Waals surface area contributed by atoms with Crippen molar-refractivity contribution < 1.29 is 21.6 Å². The fourth-order valence-corrected chi connectivity index (χ4v) is 4.01. The Morgan fingerprint density at radius 1 is 1.07 bits per heavy atom. The minimum atomic E-state index is -4.55. The van der Waals surface area contributed by atoms with Gasteiger partial charge < -0.3 is 0 Å². The van der Waals surface area contributed by atoms with Crippen molar-refractivity contribution in [3.63, 3.8) is 0 Å². The summed E-state index contributed by atoms with van der Waals surface area (Å²) in [6.45, 7) is 0. The molecule has 1 heterocycles. The van der Waals surface area contributed by atoms with Gasteiger partial charge in [0.05, 0.1) is 11.6 Å². The Morgan fingerprint density at radius 2 is 1.67 bits per heavy atom. The first-order valence-corrected chi connectivity index (χ1v) is 11.0. The second-order valence-corrected chi connectivity index (χ2v) is 9.18. The summed E-state index contributed by atoms with van der Waals surface area (Å²) in [7, 11) is -3.60. The predicted molar refractivity (Wildman–Crippen MR) is 109 cm³/mol. The third-order valence-corrected chi connectivity index (χ3v) is 5.44. The molecule has 3 aromatic rings. The molecule has 0 spiro atoms. The van der Waals surface area contributed by atoms with Crippen LogP contribution >= 0.6 is 23.2 Å². The van der Waals surface area contributed by atoms with E-state index < -0.39 is 21.9 Å². The molecular formula is C19H14Cl2F3N3O2S. The van der Waals surface area contributed by atoms with E-state index in [1.807, 2.05) is 0 Å². The Kier molecular flexibility index (Phi) is 6.26. The molecule has 0 radical (unpaired) electrons. The van der Waals surface area contributed by atoms with Crippen molar-refractivity contribution in [3.05, 3.63) is 76.0 Å². The number of nitrogens with zero attached hydrogens (tertiary/aromatic N) is 3. The molecule has 5 nitrogen and oxygen atoms in total.